The van der Waals surface area contributed by atoms with Crippen LogP contribution in [0.2, 0.25) is 0 Å². The smallest absolute Gasteiger partial charge is 0.314 e. The first-order chi connectivity index (χ1) is 7.97. The Balaban J connectivity index is 2.93. The van der Waals surface area contributed by atoms with E-state index >= 15 is 0 Å². The van der Waals surface area contributed by atoms with Crippen molar-refractivity contribution in [2.24, 2.45) is 5.92 Å². The normalized spacial score (nSPS) is 11.9. The first kappa shape index (κ1) is 13.2. The van der Waals surface area contributed by atoms with Crippen molar-refractivity contribution in [2.75, 3.05) is 19.0 Å². The average Bonchev–Trinajstić information content (AvgIpc) is 2.29. The van der Waals surface area contributed by atoms with Crippen LogP contribution < -0.4 is 4.90 Å². The molecular weight excluding hydrogens is 218 g/mol. The summed E-state index contributed by atoms with van der Waals surface area (Å²) in [6, 6.07) is 6.95. The number of nitrogens with zero attached hydrogens (tertiary/aromatic N) is 1. The largest absolute Gasteiger partial charge is 0.481 e. The number of carboxylic acids is 1. The second-order valence-corrected chi connectivity index (χ2v) is 4.10. The summed E-state index contributed by atoms with van der Waals surface area (Å²) in [5.41, 5.74) is 1.43. The highest BCUT2D eigenvalue weighted by Crippen LogP contribution is 2.17. The zero-order chi connectivity index (χ0) is 13.0. The summed E-state index contributed by atoms with van der Waals surface area (Å²) in [6.45, 7) is 1.70. The number of hydrogen-bond donors (Lipinski definition) is 1. The van der Waals surface area contributed by atoms with E-state index in [0.717, 1.165) is 5.69 Å². The van der Waals surface area contributed by atoms with Gasteiger partial charge in [0.25, 0.3) is 0 Å². The lowest BCUT2D eigenvalue weighted by molar-refractivity contribution is -0.140. The SMILES string of the molecule is CCC(C(=O)O)C(=O)c1ccc(N(C)C)cc1. The Kier molecular flexibility index (Phi) is 4.26. The Morgan fingerprint density at radius 2 is 1.76 bits per heavy atom. The molecule has 1 atom stereocenters. The standard InChI is InChI=1S/C13H17NO3/c1-4-11(13(16)17)12(15)9-5-7-10(8-6-9)14(2)3/h5-8,11H,4H2,1-3H3,(H,16,17). The molecule has 0 heterocycles. The number of hydrogen-bond acceptors (Lipinski definition) is 3. The van der Waals surface area contributed by atoms with Crippen LogP contribution in [0.3, 0.4) is 0 Å². The number of carbonyl (C=O) groups excluding carboxylic acids is 1. The number of benzene rings is 1. The van der Waals surface area contributed by atoms with Crippen LogP contribution >= 0.6 is 0 Å². The third-order valence-corrected chi connectivity index (χ3v) is 2.69. The van der Waals surface area contributed by atoms with Crippen LogP contribution in [0, 0.1) is 5.92 Å². The minimum absolute atomic E-state index is 0.309. The maximum absolute atomic E-state index is 11.9. The van der Waals surface area contributed by atoms with Crippen molar-refractivity contribution in [3.63, 3.8) is 0 Å². The molecule has 0 saturated heterocycles. The molecular formula is C13H17NO3. The fourth-order valence-electron chi connectivity index (χ4n) is 1.60. The molecule has 0 spiro atoms. The molecule has 1 N–H and O–H groups in total. The van der Waals surface area contributed by atoms with E-state index in [9.17, 15) is 9.59 Å². The molecule has 0 bridgehead atoms. The highest BCUT2D eigenvalue weighted by molar-refractivity contribution is 6.08. The molecule has 1 aromatic rings. The molecule has 0 aliphatic carbocycles. The van der Waals surface area contributed by atoms with Crippen LogP contribution in [0.1, 0.15) is 23.7 Å². The molecule has 17 heavy (non-hydrogen) atoms. The van der Waals surface area contributed by atoms with E-state index in [1.165, 1.54) is 0 Å². The number of carboxylic acid groups (broad SMARTS) is 1. The molecule has 0 aliphatic rings. The highest BCUT2D eigenvalue weighted by atomic mass is 16.4. The van der Waals surface area contributed by atoms with Crippen LogP contribution in [0.5, 0.6) is 0 Å². The van der Waals surface area contributed by atoms with Gasteiger partial charge in [0.15, 0.2) is 5.78 Å². The number of rotatable bonds is 5. The Morgan fingerprint density at radius 1 is 1.24 bits per heavy atom. The first-order valence-corrected chi connectivity index (χ1v) is 5.51. The van der Waals surface area contributed by atoms with Crippen molar-refractivity contribution in [1.29, 1.82) is 0 Å². The monoisotopic (exact) mass is 235 g/mol. The summed E-state index contributed by atoms with van der Waals surface area (Å²) in [7, 11) is 3.81. The highest BCUT2D eigenvalue weighted by Gasteiger charge is 2.25. The second kappa shape index (κ2) is 5.48. The Morgan fingerprint density at radius 3 is 2.12 bits per heavy atom. The van der Waals surface area contributed by atoms with E-state index < -0.39 is 11.9 Å². The zero-order valence-electron chi connectivity index (χ0n) is 10.3. The van der Waals surface area contributed by atoms with Crippen molar-refractivity contribution >= 4 is 17.4 Å². The maximum atomic E-state index is 11.9. The van der Waals surface area contributed by atoms with E-state index in [0.29, 0.717) is 12.0 Å². The third kappa shape index (κ3) is 3.06. The fraction of sp³-hybridized carbons (Fsp3) is 0.385. The van der Waals surface area contributed by atoms with Crippen molar-refractivity contribution in [1.82, 2.24) is 0 Å². The molecule has 4 nitrogen and oxygen atoms in total. The molecule has 0 amide bonds. The summed E-state index contributed by atoms with van der Waals surface area (Å²) in [6.07, 6.45) is 0.309. The lowest BCUT2D eigenvalue weighted by Crippen LogP contribution is -2.23. The second-order valence-electron chi connectivity index (χ2n) is 4.10. The summed E-state index contributed by atoms with van der Waals surface area (Å²) in [4.78, 5) is 24.7. The van der Waals surface area contributed by atoms with Crippen LogP contribution in [0.4, 0.5) is 5.69 Å². The zero-order valence-corrected chi connectivity index (χ0v) is 10.3. The molecule has 0 aliphatic heterocycles. The van der Waals surface area contributed by atoms with Gasteiger partial charge in [-0.2, -0.15) is 0 Å². The Hall–Kier alpha value is -1.84. The van der Waals surface area contributed by atoms with Gasteiger partial charge in [-0.3, -0.25) is 9.59 Å². The van der Waals surface area contributed by atoms with Gasteiger partial charge in [-0.05, 0) is 30.7 Å². The van der Waals surface area contributed by atoms with E-state index in [1.54, 1.807) is 19.1 Å². The molecule has 1 rings (SSSR count). The Bertz CT molecular complexity index is 409. The molecule has 0 radical (unpaired) electrons. The van der Waals surface area contributed by atoms with Gasteiger partial charge in [-0.15, -0.1) is 0 Å². The van der Waals surface area contributed by atoms with Gasteiger partial charge in [0.2, 0.25) is 0 Å². The van der Waals surface area contributed by atoms with E-state index in [4.69, 9.17) is 5.11 Å². The van der Waals surface area contributed by atoms with Crippen LogP contribution in [0.15, 0.2) is 24.3 Å². The van der Waals surface area contributed by atoms with Crippen LogP contribution in [-0.2, 0) is 4.79 Å². The molecule has 92 valence electrons. The average molecular weight is 235 g/mol. The number of anilines is 1. The third-order valence-electron chi connectivity index (χ3n) is 2.69. The predicted molar refractivity (Wildman–Crippen MR) is 66.5 cm³/mol. The van der Waals surface area contributed by atoms with Crippen LogP contribution in [-0.4, -0.2) is 31.0 Å². The molecule has 0 fully saturated rings. The predicted octanol–water partition coefficient (Wildman–Crippen LogP) is 2.05. The van der Waals surface area contributed by atoms with Crippen molar-refractivity contribution in [3.8, 4) is 0 Å². The van der Waals surface area contributed by atoms with Gasteiger partial charge < -0.3 is 10.0 Å². The van der Waals surface area contributed by atoms with E-state index in [1.807, 2.05) is 31.1 Å². The lowest BCUT2D eigenvalue weighted by Gasteiger charge is -2.13. The molecule has 0 aromatic heterocycles. The summed E-state index contributed by atoms with van der Waals surface area (Å²) >= 11 is 0. The number of aliphatic carboxylic acids is 1. The molecule has 1 aromatic carbocycles. The molecule has 0 saturated carbocycles. The van der Waals surface area contributed by atoms with Gasteiger partial charge in [0, 0.05) is 25.3 Å². The van der Waals surface area contributed by atoms with Crippen LogP contribution in [0.25, 0.3) is 0 Å². The number of carbonyl (C=O) groups is 2. The summed E-state index contributed by atoms with van der Waals surface area (Å²) < 4.78 is 0. The summed E-state index contributed by atoms with van der Waals surface area (Å²) in [5, 5.41) is 8.92. The first-order valence-electron chi connectivity index (χ1n) is 5.51. The maximum Gasteiger partial charge on any atom is 0.314 e. The topological polar surface area (TPSA) is 57.6 Å². The Labute approximate surface area is 101 Å². The fourth-order valence-corrected chi connectivity index (χ4v) is 1.60. The minimum atomic E-state index is -1.06. The summed E-state index contributed by atoms with van der Waals surface area (Å²) in [5.74, 6) is -2.33. The number of ketones is 1. The van der Waals surface area contributed by atoms with E-state index in [-0.39, 0.29) is 5.78 Å². The minimum Gasteiger partial charge on any atom is -0.481 e. The van der Waals surface area contributed by atoms with Gasteiger partial charge in [0.1, 0.15) is 5.92 Å². The number of Topliss-reactive ketones (excluding diaryl/α,β-unsaturated/α-hetero) is 1. The van der Waals surface area contributed by atoms with Crippen molar-refractivity contribution in [2.45, 2.75) is 13.3 Å². The van der Waals surface area contributed by atoms with Crippen molar-refractivity contribution in [3.05, 3.63) is 29.8 Å². The van der Waals surface area contributed by atoms with Gasteiger partial charge in [-0.1, -0.05) is 6.92 Å². The quantitative estimate of drug-likeness (QED) is 0.627. The molecule has 4 heteroatoms. The van der Waals surface area contributed by atoms with Crippen molar-refractivity contribution < 1.29 is 14.7 Å². The van der Waals surface area contributed by atoms with Gasteiger partial charge in [-0.25, -0.2) is 0 Å². The van der Waals surface area contributed by atoms with E-state index in [2.05, 4.69) is 0 Å². The molecule has 1 unspecified atom stereocenters. The van der Waals surface area contributed by atoms with Gasteiger partial charge >= 0.3 is 5.97 Å². The van der Waals surface area contributed by atoms with Gasteiger partial charge in [0.05, 0.1) is 0 Å². The lowest BCUT2D eigenvalue weighted by atomic mass is 9.95.